The van der Waals surface area contributed by atoms with Gasteiger partial charge in [0, 0.05) is 19.6 Å². The topological polar surface area (TPSA) is 75.4 Å². The fourth-order valence-corrected chi connectivity index (χ4v) is 3.60. The summed E-state index contributed by atoms with van der Waals surface area (Å²) in [6, 6.07) is 5.08. The van der Waals surface area contributed by atoms with Gasteiger partial charge < -0.3 is 10.6 Å². The average Bonchev–Trinajstić information content (AvgIpc) is 2.91. The van der Waals surface area contributed by atoms with Crippen molar-refractivity contribution >= 4 is 10.0 Å². The molecule has 6 heteroatoms. The second kappa shape index (κ2) is 6.67. The summed E-state index contributed by atoms with van der Waals surface area (Å²) in [5.41, 5.74) is 7.47. The van der Waals surface area contributed by atoms with E-state index in [0.717, 1.165) is 30.8 Å². The molecule has 2 rings (SSSR count). The molecule has 5 nitrogen and oxygen atoms in total. The summed E-state index contributed by atoms with van der Waals surface area (Å²) in [6.07, 6.45) is 2.43. The van der Waals surface area contributed by atoms with E-state index in [1.165, 1.54) is 12.8 Å². The van der Waals surface area contributed by atoms with Crippen LogP contribution in [0, 0.1) is 6.92 Å². The second-order valence-electron chi connectivity index (χ2n) is 5.24. The van der Waals surface area contributed by atoms with Crippen molar-refractivity contribution in [2.75, 3.05) is 26.2 Å². The highest BCUT2D eigenvalue weighted by atomic mass is 32.2. The van der Waals surface area contributed by atoms with E-state index in [0.29, 0.717) is 18.0 Å². The summed E-state index contributed by atoms with van der Waals surface area (Å²) < 4.78 is 27.1. The van der Waals surface area contributed by atoms with Gasteiger partial charge in [-0.3, -0.25) is 0 Å². The molecule has 20 heavy (non-hydrogen) atoms. The quantitative estimate of drug-likeness (QED) is 0.815. The van der Waals surface area contributed by atoms with Gasteiger partial charge in [-0.25, -0.2) is 13.1 Å². The highest BCUT2D eigenvalue weighted by Crippen LogP contribution is 2.15. The summed E-state index contributed by atoms with van der Waals surface area (Å²) in [7, 11) is -3.42. The molecule has 0 bridgehead atoms. The van der Waals surface area contributed by atoms with Crippen molar-refractivity contribution in [2.45, 2.75) is 31.2 Å². The van der Waals surface area contributed by atoms with Gasteiger partial charge in [-0.2, -0.15) is 0 Å². The number of nitrogens with two attached hydrogens (primary N) is 1. The smallest absolute Gasteiger partial charge is 0.240 e. The number of likely N-dealkylation sites (tertiary alicyclic amines) is 1. The molecule has 0 aromatic heterocycles. The summed E-state index contributed by atoms with van der Waals surface area (Å²) in [5.74, 6) is 0. The third-order valence-electron chi connectivity index (χ3n) is 3.76. The van der Waals surface area contributed by atoms with Crippen LogP contribution in [-0.4, -0.2) is 39.5 Å². The Kier molecular flexibility index (Phi) is 5.15. The van der Waals surface area contributed by atoms with Gasteiger partial charge in [-0.05, 0) is 56.1 Å². The summed E-state index contributed by atoms with van der Waals surface area (Å²) in [6.45, 7) is 5.69. The fraction of sp³-hybridized carbons (Fsp3) is 0.571. The molecule has 1 aliphatic heterocycles. The molecule has 0 atom stereocenters. The number of hydrogen-bond donors (Lipinski definition) is 2. The molecule has 0 amide bonds. The maximum atomic E-state index is 12.2. The van der Waals surface area contributed by atoms with E-state index < -0.39 is 10.0 Å². The Morgan fingerprint density at radius 3 is 2.60 bits per heavy atom. The normalized spacial score (nSPS) is 16.7. The van der Waals surface area contributed by atoms with Crippen molar-refractivity contribution in [1.82, 2.24) is 9.62 Å². The zero-order valence-corrected chi connectivity index (χ0v) is 12.7. The van der Waals surface area contributed by atoms with E-state index >= 15 is 0 Å². The average molecular weight is 297 g/mol. The van der Waals surface area contributed by atoms with Crippen LogP contribution >= 0.6 is 0 Å². The number of sulfonamides is 1. The van der Waals surface area contributed by atoms with E-state index in [1.807, 2.05) is 6.92 Å². The van der Waals surface area contributed by atoms with Gasteiger partial charge in [0.1, 0.15) is 0 Å². The van der Waals surface area contributed by atoms with Crippen LogP contribution in [0.1, 0.15) is 24.0 Å². The minimum absolute atomic E-state index is 0.314. The van der Waals surface area contributed by atoms with Crippen LogP contribution < -0.4 is 10.5 Å². The van der Waals surface area contributed by atoms with E-state index in [4.69, 9.17) is 5.73 Å². The molecule has 112 valence electrons. The monoisotopic (exact) mass is 297 g/mol. The van der Waals surface area contributed by atoms with Crippen LogP contribution in [0.5, 0.6) is 0 Å². The van der Waals surface area contributed by atoms with Gasteiger partial charge in [0.15, 0.2) is 0 Å². The van der Waals surface area contributed by atoms with Gasteiger partial charge in [0.05, 0.1) is 4.90 Å². The van der Waals surface area contributed by atoms with Crippen LogP contribution in [0.4, 0.5) is 0 Å². The van der Waals surface area contributed by atoms with E-state index in [-0.39, 0.29) is 0 Å². The first-order valence-electron chi connectivity index (χ1n) is 7.04. The largest absolute Gasteiger partial charge is 0.326 e. The molecule has 0 unspecified atom stereocenters. The fourth-order valence-electron chi connectivity index (χ4n) is 2.49. The molecule has 1 aliphatic rings. The van der Waals surface area contributed by atoms with E-state index in [2.05, 4.69) is 9.62 Å². The number of hydrogen-bond acceptors (Lipinski definition) is 4. The van der Waals surface area contributed by atoms with Gasteiger partial charge in [-0.1, -0.05) is 6.07 Å². The second-order valence-corrected chi connectivity index (χ2v) is 7.01. The summed E-state index contributed by atoms with van der Waals surface area (Å²) in [5, 5.41) is 0. The first-order valence-corrected chi connectivity index (χ1v) is 8.53. The van der Waals surface area contributed by atoms with Crippen molar-refractivity contribution < 1.29 is 8.42 Å². The molecule has 1 aromatic carbocycles. The lowest BCUT2D eigenvalue weighted by Crippen LogP contribution is -2.33. The predicted molar refractivity (Wildman–Crippen MR) is 79.9 cm³/mol. The van der Waals surface area contributed by atoms with Crippen molar-refractivity contribution in [2.24, 2.45) is 5.73 Å². The molecule has 0 aliphatic carbocycles. The first kappa shape index (κ1) is 15.4. The maximum absolute atomic E-state index is 12.2. The van der Waals surface area contributed by atoms with Gasteiger partial charge >= 0.3 is 0 Å². The molecule has 1 heterocycles. The Morgan fingerprint density at radius 2 is 2.00 bits per heavy atom. The minimum Gasteiger partial charge on any atom is -0.326 e. The van der Waals surface area contributed by atoms with E-state index in [1.54, 1.807) is 18.2 Å². The Morgan fingerprint density at radius 1 is 1.30 bits per heavy atom. The number of nitrogens with zero attached hydrogens (tertiary/aromatic N) is 1. The van der Waals surface area contributed by atoms with Crippen LogP contribution in [0.3, 0.4) is 0 Å². The van der Waals surface area contributed by atoms with Crippen molar-refractivity contribution in [3.8, 4) is 0 Å². The molecule has 1 fully saturated rings. The summed E-state index contributed by atoms with van der Waals surface area (Å²) in [4.78, 5) is 2.60. The highest BCUT2D eigenvalue weighted by Gasteiger charge is 2.16. The molecule has 1 aromatic rings. The molecule has 0 radical (unpaired) electrons. The zero-order valence-electron chi connectivity index (χ0n) is 11.9. The summed E-state index contributed by atoms with van der Waals surface area (Å²) >= 11 is 0. The number of nitrogens with one attached hydrogen (secondary N) is 1. The van der Waals surface area contributed by atoms with Gasteiger partial charge in [0.25, 0.3) is 0 Å². The van der Waals surface area contributed by atoms with Crippen molar-refractivity contribution in [1.29, 1.82) is 0 Å². The third-order valence-corrected chi connectivity index (χ3v) is 5.22. The predicted octanol–water partition coefficient (Wildman–Crippen LogP) is 0.828. The lowest BCUT2D eigenvalue weighted by Gasteiger charge is -2.15. The van der Waals surface area contributed by atoms with Gasteiger partial charge in [-0.15, -0.1) is 0 Å². The Balaban J connectivity index is 1.96. The lowest BCUT2D eigenvalue weighted by molar-refractivity contribution is 0.344. The number of rotatable bonds is 6. The van der Waals surface area contributed by atoms with Gasteiger partial charge in [0.2, 0.25) is 10.0 Å². The van der Waals surface area contributed by atoms with E-state index in [9.17, 15) is 8.42 Å². The molecular weight excluding hydrogens is 274 g/mol. The first-order chi connectivity index (χ1) is 9.53. The van der Waals surface area contributed by atoms with Crippen LogP contribution in [-0.2, 0) is 16.6 Å². The molecular formula is C14H23N3O2S. The SMILES string of the molecule is Cc1cc(S(=O)(=O)NCCN2CCCC2)ccc1CN. The highest BCUT2D eigenvalue weighted by molar-refractivity contribution is 7.89. The number of benzene rings is 1. The molecule has 3 N–H and O–H groups in total. The Bertz CT molecular complexity index is 552. The Labute approximate surface area is 121 Å². The molecule has 1 saturated heterocycles. The molecule has 0 saturated carbocycles. The number of aryl methyl sites for hydroxylation is 1. The maximum Gasteiger partial charge on any atom is 0.240 e. The van der Waals surface area contributed by atoms with Crippen molar-refractivity contribution in [3.63, 3.8) is 0 Å². The Hall–Kier alpha value is -0.950. The minimum atomic E-state index is -3.42. The standard InChI is InChI=1S/C14H23N3O2S/c1-12-10-14(5-4-13(12)11-15)20(18,19)16-6-9-17-7-2-3-8-17/h4-5,10,16H,2-3,6-9,11,15H2,1H3. The third kappa shape index (κ3) is 3.79. The van der Waals surface area contributed by atoms with Crippen LogP contribution in [0.2, 0.25) is 0 Å². The van der Waals surface area contributed by atoms with Crippen molar-refractivity contribution in [3.05, 3.63) is 29.3 Å². The lowest BCUT2D eigenvalue weighted by atomic mass is 10.1. The van der Waals surface area contributed by atoms with Crippen LogP contribution in [0.15, 0.2) is 23.1 Å². The van der Waals surface area contributed by atoms with Crippen LogP contribution in [0.25, 0.3) is 0 Å². The molecule has 0 spiro atoms. The zero-order chi connectivity index (χ0) is 14.6.